The van der Waals surface area contributed by atoms with Gasteiger partial charge in [0.1, 0.15) is 0 Å². The second kappa shape index (κ2) is 5.62. The maximum absolute atomic E-state index is 3.62. The summed E-state index contributed by atoms with van der Waals surface area (Å²) in [5.74, 6) is 0. The molecule has 0 fully saturated rings. The highest BCUT2D eigenvalue weighted by Crippen LogP contribution is 2.27. The number of fused-ring (bicyclic) bond motifs is 3. The van der Waals surface area contributed by atoms with Crippen LogP contribution in [0.2, 0.25) is 0 Å². The zero-order valence-corrected chi connectivity index (χ0v) is 13.1. The number of para-hydroxylation sites is 1. The molecular formula is C20H22N2. The van der Waals surface area contributed by atoms with Gasteiger partial charge in [-0.3, -0.25) is 4.90 Å². The molecule has 1 N–H and O–H groups in total. The van der Waals surface area contributed by atoms with Crippen LogP contribution < -0.4 is 0 Å². The number of aromatic nitrogens is 1. The number of aromatic amines is 1. The minimum atomic E-state index is 1.04. The van der Waals surface area contributed by atoms with Crippen LogP contribution in [0.3, 0.4) is 0 Å². The molecule has 0 unspecified atom stereocenters. The predicted molar refractivity (Wildman–Crippen MR) is 91.9 cm³/mol. The molecule has 2 nitrogen and oxygen atoms in total. The van der Waals surface area contributed by atoms with Crippen LogP contribution in [0.1, 0.15) is 28.8 Å². The van der Waals surface area contributed by atoms with Crippen molar-refractivity contribution in [2.75, 3.05) is 6.54 Å². The fourth-order valence-electron chi connectivity index (χ4n) is 3.52. The van der Waals surface area contributed by atoms with Gasteiger partial charge in [-0.25, -0.2) is 0 Å². The van der Waals surface area contributed by atoms with Gasteiger partial charge in [-0.2, -0.15) is 0 Å². The molecule has 112 valence electrons. The fourth-order valence-corrected chi connectivity index (χ4v) is 3.52. The second-order valence-electron chi connectivity index (χ2n) is 6.43. The van der Waals surface area contributed by atoms with E-state index in [1.54, 1.807) is 0 Å². The largest absolute Gasteiger partial charge is 0.358 e. The van der Waals surface area contributed by atoms with E-state index >= 15 is 0 Å². The zero-order valence-electron chi connectivity index (χ0n) is 13.1. The number of nitrogens with one attached hydrogen (secondary N) is 1. The van der Waals surface area contributed by atoms with Crippen molar-refractivity contribution in [3.63, 3.8) is 0 Å². The number of aryl methyl sites for hydroxylation is 2. The molecule has 3 aromatic rings. The Labute approximate surface area is 131 Å². The molecule has 0 radical (unpaired) electrons. The Hall–Kier alpha value is -2.06. The highest BCUT2D eigenvalue weighted by molar-refractivity contribution is 5.84. The molecule has 1 aliphatic heterocycles. The van der Waals surface area contributed by atoms with Crippen molar-refractivity contribution in [2.24, 2.45) is 0 Å². The van der Waals surface area contributed by atoms with Crippen molar-refractivity contribution in [1.29, 1.82) is 0 Å². The smallest absolute Gasteiger partial charge is 0.0459 e. The molecule has 1 aromatic heterocycles. The molecule has 0 amide bonds. The highest BCUT2D eigenvalue weighted by atomic mass is 15.1. The monoisotopic (exact) mass is 290 g/mol. The number of benzene rings is 2. The van der Waals surface area contributed by atoms with E-state index in [2.05, 4.69) is 65.3 Å². The van der Waals surface area contributed by atoms with Crippen molar-refractivity contribution in [3.8, 4) is 0 Å². The first-order valence-electron chi connectivity index (χ1n) is 8.16. The van der Waals surface area contributed by atoms with Gasteiger partial charge in [0.2, 0.25) is 0 Å². The lowest BCUT2D eigenvalue weighted by Crippen LogP contribution is -2.22. The Kier molecular flexibility index (Phi) is 3.47. The topological polar surface area (TPSA) is 19.0 Å². The van der Waals surface area contributed by atoms with E-state index in [4.69, 9.17) is 0 Å². The molecule has 0 saturated carbocycles. The molecular weight excluding hydrogens is 268 g/mol. The van der Waals surface area contributed by atoms with E-state index in [0.717, 1.165) is 19.5 Å². The molecule has 0 aliphatic carbocycles. The summed E-state index contributed by atoms with van der Waals surface area (Å²) in [5.41, 5.74) is 6.96. The van der Waals surface area contributed by atoms with Gasteiger partial charge >= 0.3 is 0 Å². The number of nitrogens with zero attached hydrogens (tertiary/aromatic N) is 1. The highest BCUT2D eigenvalue weighted by Gasteiger charge is 2.18. The van der Waals surface area contributed by atoms with E-state index in [0.29, 0.717) is 0 Å². The summed E-state index contributed by atoms with van der Waals surface area (Å²) in [6.45, 7) is 5.41. The average molecular weight is 290 g/mol. The van der Waals surface area contributed by atoms with E-state index in [9.17, 15) is 0 Å². The maximum atomic E-state index is 3.62. The summed E-state index contributed by atoms with van der Waals surface area (Å²) in [7, 11) is 0. The molecule has 22 heavy (non-hydrogen) atoms. The Morgan fingerprint density at radius 2 is 1.86 bits per heavy atom. The van der Waals surface area contributed by atoms with E-state index in [1.807, 2.05) is 0 Å². The SMILES string of the molecule is Cc1ccc(CN2CCCc3[nH]c4ccccc4c3C2)cc1. The van der Waals surface area contributed by atoms with Crippen LogP contribution in [-0.4, -0.2) is 16.4 Å². The first-order valence-corrected chi connectivity index (χ1v) is 8.16. The number of H-pyrrole nitrogens is 1. The summed E-state index contributed by atoms with van der Waals surface area (Å²) in [6.07, 6.45) is 2.39. The standard InChI is InChI=1S/C20H22N2/c1-15-8-10-16(11-9-15)13-22-12-4-7-20-18(14-22)17-5-2-3-6-19(17)21-20/h2-3,5-6,8-11,21H,4,7,12-14H2,1H3. The minimum Gasteiger partial charge on any atom is -0.358 e. The van der Waals surface area contributed by atoms with Gasteiger partial charge < -0.3 is 4.98 Å². The van der Waals surface area contributed by atoms with Crippen molar-refractivity contribution >= 4 is 10.9 Å². The molecule has 4 rings (SSSR count). The number of hydrogen-bond donors (Lipinski definition) is 1. The van der Waals surface area contributed by atoms with Crippen LogP contribution in [0.15, 0.2) is 48.5 Å². The van der Waals surface area contributed by atoms with Crippen molar-refractivity contribution in [3.05, 3.63) is 70.9 Å². The summed E-state index contributed by atoms with van der Waals surface area (Å²) in [5, 5.41) is 1.40. The van der Waals surface area contributed by atoms with Crippen molar-refractivity contribution in [2.45, 2.75) is 32.9 Å². The summed E-state index contributed by atoms with van der Waals surface area (Å²) in [6, 6.07) is 17.6. The van der Waals surface area contributed by atoms with Gasteiger partial charge in [0.05, 0.1) is 0 Å². The van der Waals surface area contributed by atoms with Crippen molar-refractivity contribution < 1.29 is 0 Å². The number of rotatable bonds is 2. The normalized spacial score (nSPS) is 15.7. The second-order valence-corrected chi connectivity index (χ2v) is 6.43. The van der Waals surface area contributed by atoms with Crippen LogP contribution >= 0.6 is 0 Å². The van der Waals surface area contributed by atoms with Gasteiger partial charge in [-0.05, 0) is 43.5 Å². The van der Waals surface area contributed by atoms with E-state index < -0.39 is 0 Å². The van der Waals surface area contributed by atoms with Gasteiger partial charge in [0.25, 0.3) is 0 Å². The number of hydrogen-bond acceptors (Lipinski definition) is 1. The predicted octanol–water partition coefficient (Wildman–Crippen LogP) is 4.42. The molecule has 0 saturated heterocycles. The summed E-state index contributed by atoms with van der Waals surface area (Å²) >= 11 is 0. The summed E-state index contributed by atoms with van der Waals surface area (Å²) in [4.78, 5) is 6.20. The molecule has 2 heterocycles. The molecule has 2 heteroatoms. The van der Waals surface area contributed by atoms with Gasteiger partial charge in [-0.15, -0.1) is 0 Å². The van der Waals surface area contributed by atoms with Crippen LogP contribution in [-0.2, 0) is 19.5 Å². The van der Waals surface area contributed by atoms with E-state index in [1.165, 1.54) is 46.3 Å². The minimum absolute atomic E-state index is 1.04. The lowest BCUT2D eigenvalue weighted by molar-refractivity contribution is 0.262. The van der Waals surface area contributed by atoms with Crippen LogP contribution in [0.4, 0.5) is 0 Å². The molecule has 1 aliphatic rings. The molecule has 0 spiro atoms. The first-order chi connectivity index (χ1) is 10.8. The van der Waals surface area contributed by atoms with Crippen LogP contribution in [0.25, 0.3) is 10.9 Å². The molecule has 2 aromatic carbocycles. The average Bonchev–Trinajstić information content (AvgIpc) is 2.75. The lowest BCUT2D eigenvalue weighted by Gasteiger charge is -2.20. The maximum Gasteiger partial charge on any atom is 0.0459 e. The third-order valence-electron chi connectivity index (χ3n) is 4.71. The molecule has 0 atom stereocenters. The quantitative estimate of drug-likeness (QED) is 0.740. The summed E-state index contributed by atoms with van der Waals surface area (Å²) < 4.78 is 0. The zero-order chi connectivity index (χ0) is 14.9. The lowest BCUT2D eigenvalue weighted by atomic mass is 10.1. The van der Waals surface area contributed by atoms with Gasteiger partial charge in [0, 0.05) is 29.7 Å². The Morgan fingerprint density at radius 3 is 2.73 bits per heavy atom. The first kappa shape index (κ1) is 13.6. The van der Waals surface area contributed by atoms with Crippen LogP contribution in [0, 0.1) is 6.92 Å². The Balaban J connectivity index is 1.62. The fraction of sp³-hybridized carbons (Fsp3) is 0.300. The van der Waals surface area contributed by atoms with Crippen molar-refractivity contribution in [1.82, 2.24) is 9.88 Å². The van der Waals surface area contributed by atoms with E-state index in [-0.39, 0.29) is 0 Å². The van der Waals surface area contributed by atoms with Crippen LogP contribution in [0.5, 0.6) is 0 Å². The third-order valence-corrected chi connectivity index (χ3v) is 4.71. The third kappa shape index (κ3) is 2.55. The molecule has 0 bridgehead atoms. The van der Waals surface area contributed by atoms with Gasteiger partial charge in [0.15, 0.2) is 0 Å². The van der Waals surface area contributed by atoms with Gasteiger partial charge in [-0.1, -0.05) is 48.0 Å². The Bertz CT molecular complexity index is 783. The Morgan fingerprint density at radius 1 is 1.05 bits per heavy atom.